The molecule has 0 spiro atoms. The molecule has 0 atom stereocenters. The number of imidazole rings is 1. The summed E-state index contributed by atoms with van der Waals surface area (Å²) in [4.78, 5) is 31.2. The molecular formula is C19H20N4O3. The third-order valence-electron chi connectivity index (χ3n) is 3.99. The molecule has 0 aliphatic rings. The van der Waals surface area contributed by atoms with E-state index in [-0.39, 0.29) is 23.3 Å². The molecular weight excluding hydrogens is 332 g/mol. The first-order valence-electron chi connectivity index (χ1n) is 8.21. The van der Waals surface area contributed by atoms with E-state index in [0.29, 0.717) is 18.7 Å². The van der Waals surface area contributed by atoms with Crippen LogP contribution in [0.4, 0.5) is 5.69 Å². The van der Waals surface area contributed by atoms with Crippen LogP contribution in [0.15, 0.2) is 54.7 Å². The Morgan fingerprint density at radius 2 is 1.88 bits per heavy atom. The summed E-state index contributed by atoms with van der Waals surface area (Å²) < 4.78 is 6.56. The van der Waals surface area contributed by atoms with Crippen LogP contribution >= 0.6 is 0 Å². The van der Waals surface area contributed by atoms with Crippen LogP contribution in [0.2, 0.25) is 0 Å². The van der Waals surface area contributed by atoms with E-state index in [0.717, 1.165) is 5.69 Å². The number of anilines is 1. The van der Waals surface area contributed by atoms with Gasteiger partial charge in [0.05, 0.1) is 12.1 Å². The van der Waals surface area contributed by atoms with E-state index in [1.807, 2.05) is 36.4 Å². The molecule has 2 amide bonds. The van der Waals surface area contributed by atoms with Crippen molar-refractivity contribution in [2.75, 3.05) is 32.2 Å². The second-order valence-corrected chi connectivity index (χ2v) is 5.69. The molecule has 0 unspecified atom stereocenters. The van der Waals surface area contributed by atoms with E-state index in [9.17, 15) is 9.59 Å². The predicted octanol–water partition coefficient (Wildman–Crippen LogP) is 1.99. The van der Waals surface area contributed by atoms with E-state index >= 15 is 0 Å². The van der Waals surface area contributed by atoms with Crippen molar-refractivity contribution in [2.24, 2.45) is 0 Å². The van der Waals surface area contributed by atoms with Crippen LogP contribution in [0.25, 0.3) is 5.52 Å². The molecule has 3 rings (SSSR count). The number of amides is 2. The number of ether oxygens (including phenoxy) is 1. The summed E-state index contributed by atoms with van der Waals surface area (Å²) in [5, 5.41) is 2.73. The van der Waals surface area contributed by atoms with Crippen LogP contribution in [-0.2, 0) is 4.74 Å². The standard InChI is InChI=1S/C19H20N4O3/c1-22(14-8-4-3-5-9-14)19(25)16-15-10-6-7-12-23(15)17(21-16)18(24)20-11-13-26-2/h3-10,12H,11,13H2,1-2H3,(H,20,24). The molecule has 1 aromatic carbocycles. The highest BCUT2D eigenvalue weighted by Gasteiger charge is 2.24. The molecule has 0 bridgehead atoms. The van der Waals surface area contributed by atoms with Gasteiger partial charge in [-0.25, -0.2) is 4.98 Å². The zero-order chi connectivity index (χ0) is 18.5. The fraction of sp³-hybridized carbons (Fsp3) is 0.211. The van der Waals surface area contributed by atoms with E-state index < -0.39 is 0 Å². The number of pyridine rings is 1. The summed E-state index contributed by atoms with van der Waals surface area (Å²) in [7, 11) is 3.25. The molecule has 26 heavy (non-hydrogen) atoms. The van der Waals surface area contributed by atoms with Gasteiger partial charge in [-0.3, -0.25) is 14.0 Å². The Bertz CT molecular complexity index is 921. The maximum absolute atomic E-state index is 13.0. The second-order valence-electron chi connectivity index (χ2n) is 5.69. The van der Waals surface area contributed by atoms with Crippen molar-refractivity contribution in [3.8, 4) is 0 Å². The van der Waals surface area contributed by atoms with Gasteiger partial charge in [-0.1, -0.05) is 24.3 Å². The zero-order valence-corrected chi connectivity index (χ0v) is 14.7. The van der Waals surface area contributed by atoms with Crippen LogP contribution in [0.1, 0.15) is 21.1 Å². The first-order chi connectivity index (χ1) is 12.6. The number of carbonyl (C=O) groups is 2. The minimum atomic E-state index is -0.357. The van der Waals surface area contributed by atoms with Gasteiger partial charge >= 0.3 is 0 Å². The average molecular weight is 352 g/mol. The number of hydrogen-bond donors (Lipinski definition) is 1. The van der Waals surface area contributed by atoms with E-state index in [4.69, 9.17) is 4.74 Å². The zero-order valence-electron chi connectivity index (χ0n) is 14.7. The molecule has 0 saturated carbocycles. The topological polar surface area (TPSA) is 75.9 Å². The third-order valence-corrected chi connectivity index (χ3v) is 3.99. The molecule has 7 heteroatoms. The van der Waals surface area contributed by atoms with Gasteiger partial charge < -0.3 is 15.0 Å². The number of methoxy groups -OCH3 is 1. The lowest BCUT2D eigenvalue weighted by Gasteiger charge is -2.16. The smallest absolute Gasteiger partial charge is 0.287 e. The Labute approximate surface area is 151 Å². The molecule has 0 saturated heterocycles. The molecule has 2 heterocycles. The lowest BCUT2D eigenvalue weighted by Crippen LogP contribution is -2.29. The normalized spacial score (nSPS) is 10.7. The molecule has 0 radical (unpaired) electrons. The highest BCUT2D eigenvalue weighted by atomic mass is 16.5. The van der Waals surface area contributed by atoms with Gasteiger partial charge in [0, 0.05) is 32.6 Å². The van der Waals surface area contributed by atoms with Crippen molar-refractivity contribution in [1.82, 2.24) is 14.7 Å². The summed E-state index contributed by atoms with van der Waals surface area (Å²) in [5.74, 6) is -0.470. The summed E-state index contributed by atoms with van der Waals surface area (Å²) >= 11 is 0. The van der Waals surface area contributed by atoms with Crippen LogP contribution in [-0.4, -0.2) is 48.5 Å². The largest absolute Gasteiger partial charge is 0.383 e. The molecule has 134 valence electrons. The Morgan fingerprint density at radius 1 is 1.15 bits per heavy atom. The van der Waals surface area contributed by atoms with Gasteiger partial charge in [0.1, 0.15) is 0 Å². The highest BCUT2D eigenvalue weighted by Crippen LogP contribution is 2.19. The summed E-state index contributed by atoms with van der Waals surface area (Å²) in [6.07, 6.45) is 1.72. The average Bonchev–Trinajstić information content (AvgIpc) is 3.07. The summed E-state index contributed by atoms with van der Waals surface area (Å²) in [6, 6.07) is 14.7. The quantitative estimate of drug-likeness (QED) is 0.689. The maximum Gasteiger partial charge on any atom is 0.287 e. The van der Waals surface area contributed by atoms with Crippen molar-refractivity contribution >= 4 is 23.0 Å². The number of benzene rings is 1. The maximum atomic E-state index is 13.0. The molecule has 0 aliphatic heterocycles. The number of fused-ring (bicyclic) bond motifs is 1. The van der Waals surface area contributed by atoms with E-state index in [1.54, 1.807) is 36.9 Å². The van der Waals surface area contributed by atoms with Gasteiger partial charge in [-0.15, -0.1) is 0 Å². The van der Waals surface area contributed by atoms with Gasteiger partial charge in [0.15, 0.2) is 5.69 Å². The first kappa shape index (κ1) is 17.6. The van der Waals surface area contributed by atoms with Crippen LogP contribution in [0, 0.1) is 0 Å². The SMILES string of the molecule is COCCNC(=O)c1nc(C(=O)N(C)c2ccccc2)c2ccccn12. The molecule has 0 aliphatic carbocycles. The first-order valence-corrected chi connectivity index (χ1v) is 8.21. The highest BCUT2D eigenvalue weighted by molar-refractivity contribution is 6.10. The number of rotatable bonds is 6. The van der Waals surface area contributed by atoms with Gasteiger partial charge in [-0.05, 0) is 24.3 Å². The Hall–Kier alpha value is -3.19. The summed E-state index contributed by atoms with van der Waals surface area (Å²) in [5.41, 5.74) is 1.56. The number of nitrogens with zero attached hydrogens (tertiary/aromatic N) is 3. The van der Waals surface area contributed by atoms with Crippen LogP contribution in [0.5, 0.6) is 0 Å². The molecule has 7 nitrogen and oxygen atoms in total. The molecule has 2 aromatic heterocycles. The number of para-hydroxylation sites is 1. The van der Waals surface area contributed by atoms with Crippen molar-refractivity contribution < 1.29 is 14.3 Å². The monoisotopic (exact) mass is 352 g/mol. The van der Waals surface area contributed by atoms with E-state index in [1.165, 1.54) is 4.90 Å². The van der Waals surface area contributed by atoms with Crippen LogP contribution in [0.3, 0.4) is 0 Å². The lowest BCUT2D eigenvalue weighted by atomic mass is 10.2. The Balaban J connectivity index is 1.96. The Kier molecular flexibility index (Phi) is 5.28. The van der Waals surface area contributed by atoms with Crippen molar-refractivity contribution in [2.45, 2.75) is 0 Å². The number of carbonyl (C=O) groups excluding carboxylic acids is 2. The minimum Gasteiger partial charge on any atom is -0.383 e. The van der Waals surface area contributed by atoms with E-state index in [2.05, 4.69) is 10.3 Å². The lowest BCUT2D eigenvalue weighted by molar-refractivity contribution is 0.0926. The fourth-order valence-corrected chi connectivity index (χ4v) is 2.63. The van der Waals surface area contributed by atoms with Gasteiger partial charge in [0.25, 0.3) is 11.8 Å². The third kappa shape index (κ3) is 3.43. The summed E-state index contributed by atoms with van der Waals surface area (Å²) in [6.45, 7) is 0.766. The van der Waals surface area contributed by atoms with Crippen molar-refractivity contribution in [1.29, 1.82) is 0 Å². The second kappa shape index (κ2) is 7.79. The fourth-order valence-electron chi connectivity index (χ4n) is 2.63. The molecule has 3 aromatic rings. The minimum absolute atomic E-state index is 0.168. The predicted molar refractivity (Wildman–Crippen MR) is 98.6 cm³/mol. The van der Waals surface area contributed by atoms with Crippen molar-refractivity contribution in [3.63, 3.8) is 0 Å². The number of hydrogen-bond acceptors (Lipinski definition) is 4. The van der Waals surface area contributed by atoms with Crippen LogP contribution < -0.4 is 10.2 Å². The molecule has 1 N–H and O–H groups in total. The van der Waals surface area contributed by atoms with Crippen molar-refractivity contribution in [3.05, 3.63) is 66.2 Å². The van der Waals surface area contributed by atoms with Gasteiger partial charge in [-0.2, -0.15) is 0 Å². The molecule has 0 fully saturated rings. The Morgan fingerprint density at radius 3 is 2.62 bits per heavy atom. The number of nitrogens with one attached hydrogen (secondary N) is 1. The van der Waals surface area contributed by atoms with Gasteiger partial charge in [0.2, 0.25) is 5.82 Å². The number of aromatic nitrogens is 2.